The van der Waals surface area contributed by atoms with Gasteiger partial charge in [-0.1, -0.05) is 10.3 Å². The van der Waals surface area contributed by atoms with Crippen molar-refractivity contribution >= 4 is 11.4 Å². The van der Waals surface area contributed by atoms with E-state index in [1.165, 1.54) is 32.8 Å². The zero-order valence-electron chi connectivity index (χ0n) is 31.7. The minimum Gasteiger partial charge on any atom is -0.493 e. The molecule has 2 saturated carbocycles. The lowest BCUT2D eigenvalue weighted by Gasteiger charge is -2.17. The molecule has 2 aliphatic carbocycles. The summed E-state index contributed by atoms with van der Waals surface area (Å²) in [6.07, 6.45) is 4.86. The summed E-state index contributed by atoms with van der Waals surface area (Å²) in [5, 5.41) is 17.3. The molecule has 12 heteroatoms. The summed E-state index contributed by atoms with van der Waals surface area (Å²) in [5.74, 6) is 3.98. The Balaban J connectivity index is 0.000000204. The average molecular weight is 727 g/mol. The number of benzene rings is 2. The minimum absolute atomic E-state index is 0.00619. The van der Waals surface area contributed by atoms with Crippen LogP contribution in [0.3, 0.4) is 0 Å². The van der Waals surface area contributed by atoms with E-state index in [0.717, 1.165) is 39.6 Å². The number of oxime groups is 2. The Morgan fingerprint density at radius 1 is 0.623 bits per heavy atom. The summed E-state index contributed by atoms with van der Waals surface area (Å²) in [6, 6.07) is 17.6. The Labute approximate surface area is 310 Å². The molecule has 0 bridgehead atoms. The maximum absolute atomic E-state index is 11.7. The summed E-state index contributed by atoms with van der Waals surface area (Å²) in [6.45, 7) is 9.76. The van der Waals surface area contributed by atoms with Gasteiger partial charge in [-0.25, -0.2) is 0 Å². The van der Waals surface area contributed by atoms with Crippen molar-refractivity contribution in [1.29, 1.82) is 0 Å². The van der Waals surface area contributed by atoms with E-state index in [1.807, 2.05) is 73.2 Å². The zero-order chi connectivity index (χ0) is 38.1. The lowest BCUT2D eigenvalue weighted by Crippen LogP contribution is -2.19. The van der Waals surface area contributed by atoms with Crippen LogP contribution >= 0.6 is 0 Å². The molecule has 2 aromatic heterocycles. The van der Waals surface area contributed by atoms with Crippen molar-refractivity contribution in [2.75, 3.05) is 34.5 Å². The standard InChI is InChI=1S/C21H26N2O4.C20H24N2O4/c1-14-9-18(24)10-15(2)23(14)12-19(22-26-4)17-7-8-20(25-3)21(11-17)27-13-16-5-6-16;1-13-8-17(23)9-14(2)22(13)11-18(21-24)16-6-7-19(25-3)20(10-16)26-12-15-4-5-15/h7-11,16H,5-6,12-13H2,1-4H3;6-10,15,24H,4-5,11-12H2,1-3H3/b22-19-;21-18-. The summed E-state index contributed by atoms with van der Waals surface area (Å²) in [4.78, 5) is 28.4. The van der Waals surface area contributed by atoms with Gasteiger partial charge in [0.1, 0.15) is 18.5 Å². The van der Waals surface area contributed by atoms with Gasteiger partial charge in [0.05, 0.1) is 40.5 Å². The largest absolute Gasteiger partial charge is 0.493 e. The van der Waals surface area contributed by atoms with Gasteiger partial charge in [-0.05, 0) is 102 Å². The third-order valence-corrected chi connectivity index (χ3v) is 9.38. The molecule has 0 spiro atoms. The molecular formula is C41H50N4O8. The third-order valence-electron chi connectivity index (χ3n) is 9.38. The molecule has 282 valence electrons. The molecule has 0 saturated heterocycles. The number of pyridine rings is 2. The summed E-state index contributed by atoms with van der Waals surface area (Å²) in [7, 11) is 4.77. The van der Waals surface area contributed by atoms with Crippen LogP contribution in [0.15, 0.2) is 80.6 Å². The van der Waals surface area contributed by atoms with Gasteiger partial charge in [-0.3, -0.25) is 9.59 Å². The number of methoxy groups -OCH3 is 2. The topological polar surface area (TPSA) is 135 Å². The number of hydrogen-bond acceptors (Lipinski definition) is 10. The van der Waals surface area contributed by atoms with Crippen molar-refractivity contribution in [2.24, 2.45) is 22.1 Å². The highest BCUT2D eigenvalue weighted by atomic mass is 16.6. The average Bonchev–Trinajstić information content (AvgIpc) is 4.07. The van der Waals surface area contributed by atoms with Crippen molar-refractivity contribution in [1.82, 2.24) is 9.13 Å². The second kappa shape index (κ2) is 17.8. The molecule has 0 unspecified atom stereocenters. The van der Waals surface area contributed by atoms with E-state index in [1.54, 1.807) is 38.5 Å². The van der Waals surface area contributed by atoms with Gasteiger partial charge in [0.2, 0.25) is 0 Å². The van der Waals surface area contributed by atoms with Gasteiger partial charge in [-0.2, -0.15) is 0 Å². The Morgan fingerprint density at radius 2 is 1.02 bits per heavy atom. The summed E-state index contributed by atoms with van der Waals surface area (Å²) >= 11 is 0. The first-order chi connectivity index (χ1) is 25.5. The molecule has 0 amide bonds. The Hall–Kier alpha value is -5.52. The number of nitrogens with zero attached hydrogens (tertiary/aromatic N) is 4. The van der Waals surface area contributed by atoms with Gasteiger partial charge in [0.15, 0.2) is 33.9 Å². The monoisotopic (exact) mass is 726 g/mol. The van der Waals surface area contributed by atoms with Crippen molar-refractivity contribution in [3.05, 3.63) is 115 Å². The Bertz CT molecular complexity index is 2020. The first-order valence-electron chi connectivity index (χ1n) is 17.8. The van der Waals surface area contributed by atoms with E-state index < -0.39 is 0 Å². The fourth-order valence-electron chi connectivity index (χ4n) is 5.96. The molecule has 4 aromatic rings. The molecule has 6 rings (SSSR count). The first-order valence-corrected chi connectivity index (χ1v) is 17.8. The van der Waals surface area contributed by atoms with Crippen molar-refractivity contribution < 1.29 is 29.0 Å². The van der Waals surface area contributed by atoms with Gasteiger partial charge in [-0.15, -0.1) is 0 Å². The molecular weight excluding hydrogens is 676 g/mol. The Kier molecular flexibility index (Phi) is 13.0. The molecule has 2 fully saturated rings. The lowest BCUT2D eigenvalue weighted by atomic mass is 10.1. The van der Waals surface area contributed by atoms with E-state index in [-0.39, 0.29) is 10.9 Å². The van der Waals surface area contributed by atoms with E-state index in [4.69, 9.17) is 23.8 Å². The van der Waals surface area contributed by atoms with Crippen molar-refractivity contribution in [2.45, 2.75) is 66.5 Å². The molecule has 0 radical (unpaired) electrons. The van der Waals surface area contributed by atoms with E-state index in [9.17, 15) is 14.8 Å². The van der Waals surface area contributed by atoms with Crippen LogP contribution in [0, 0.1) is 39.5 Å². The lowest BCUT2D eigenvalue weighted by molar-refractivity contribution is 0.212. The van der Waals surface area contributed by atoms with Crippen LogP contribution in [0.25, 0.3) is 0 Å². The molecule has 1 N–H and O–H groups in total. The molecule has 2 aromatic carbocycles. The van der Waals surface area contributed by atoms with Crippen LogP contribution in [-0.2, 0) is 17.9 Å². The first kappa shape index (κ1) is 38.7. The van der Waals surface area contributed by atoms with Crippen LogP contribution in [0.4, 0.5) is 0 Å². The minimum atomic E-state index is -0.0288. The van der Waals surface area contributed by atoms with Crippen LogP contribution in [0.1, 0.15) is 59.6 Å². The SMILES string of the molecule is CO/N=C(/Cn1c(C)cc(=O)cc1C)c1ccc(OC)c(OCC2CC2)c1.COc1ccc(/C(Cn2c(C)cc(=O)cc2C)=N\O)cc1OCC1CC1. The van der Waals surface area contributed by atoms with E-state index in [0.29, 0.717) is 66.8 Å². The van der Waals surface area contributed by atoms with Crippen LogP contribution in [0.2, 0.25) is 0 Å². The van der Waals surface area contributed by atoms with Gasteiger partial charge in [0, 0.05) is 58.2 Å². The Morgan fingerprint density at radius 3 is 1.38 bits per heavy atom. The highest BCUT2D eigenvalue weighted by Gasteiger charge is 2.24. The van der Waals surface area contributed by atoms with Crippen LogP contribution < -0.4 is 29.8 Å². The van der Waals surface area contributed by atoms with Gasteiger partial charge >= 0.3 is 0 Å². The second-order valence-electron chi connectivity index (χ2n) is 13.6. The molecule has 53 heavy (non-hydrogen) atoms. The summed E-state index contributed by atoms with van der Waals surface area (Å²) in [5.41, 5.74) is 6.23. The predicted molar refractivity (Wildman–Crippen MR) is 205 cm³/mol. The van der Waals surface area contributed by atoms with Crippen LogP contribution in [-0.4, -0.2) is 60.3 Å². The maximum Gasteiger partial charge on any atom is 0.182 e. The molecule has 0 aliphatic heterocycles. The quantitative estimate of drug-likeness (QED) is 0.0839. The molecule has 12 nitrogen and oxygen atoms in total. The maximum atomic E-state index is 11.7. The van der Waals surface area contributed by atoms with Gasteiger partial charge in [0.25, 0.3) is 0 Å². The fourth-order valence-corrected chi connectivity index (χ4v) is 5.96. The normalized spacial score (nSPS) is 14.2. The number of hydrogen-bond donors (Lipinski definition) is 1. The van der Waals surface area contributed by atoms with E-state index in [2.05, 4.69) is 10.3 Å². The third kappa shape index (κ3) is 10.5. The zero-order valence-corrected chi connectivity index (χ0v) is 31.7. The van der Waals surface area contributed by atoms with Gasteiger partial charge < -0.3 is 38.1 Å². The number of aryl methyl sites for hydroxylation is 4. The molecule has 2 aliphatic rings. The van der Waals surface area contributed by atoms with E-state index >= 15 is 0 Å². The number of aromatic nitrogens is 2. The fraction of sp³-hybridized carbons (Fsp3) is 0.415. The van der Waals surface area contributed by atoms with Crippen molar-refractivity contribution in [3.63, 3.8) is 0 Å². The highest BCUT2D eigenvalue weighted by Crippen LogP contribution is 2.35. The number of ether oxygens (including phenoxy) is 4. The highest BCUT2D eigenvalue weighted by molar-refractivity contribution is 6.01. The van der Waals surface area contributed by atoms with Crippen LogP contribution in [0.5, 0.6) is 23.0 Å². The molecule has 0 atom stereocenters. The summed E-state index contributed by atoms with van der Waals surface area (Å²) < 4.78 is 26.6. The predicted octanol–water partition coefficient (Wildman–Crippen LogP) is 6.45. The number of rotatable bonds is 15. The smallest absolute Gasteiger partial charge is 0.182 e. The molecule has 2 heterocycles. The van der Waals surface area contributed by atoms with Crippen molar-refractivity contribution in [3.8, 4) is 23.0 Å². The second-order valence-corrected chi connectivity index (χ2v) is 13.6.